The zero-order valence-electron chi connectivity index (χ0n) is 36.9. The van der Waals surface area contributed by atoms with E-state index in [-0.39, 0.29) is 25.3 Å². The van der Waals surface area contributed by atoms with Crippen molar-refractivity contribution in [2.45, 2.75) is 224 Å². The van der Waals surface area contributed by atoms with Crippen LogP contribution in [-0.4, -0.2) is 80.8 Å². The van der Waals surface area contributed by atoms with Gasteiger partial charge in [0, 0.05) is 19.0 Å². The molecule has 0 bridgehead atoms. The zero-order valence-corrected chi connectivity index (χ0v) is 37.8. The van der Waals surface area contributed by atoms with Gasteiger partial charge in [-0.2, -0.15) is 4.98 Å². The minimum absolute atomic E-state index is 0.0457. The van der Waals surface area contributed by atoms with E-state index in [9.17, 15) is 34.1 Å². The Balaban J connectivity index is 1.77. The van der Waals surface area contributed by atoms with Gasteiger partial charge in [-0.25, -0.2) is 9.36 Å². The average molecular weight is 874 g/mol. The summed E-state index contributed by atoms with van der Waals surface area (Å²) < 4.78 is 40.5. The third-order valence-electron chi connectivity index (χ3n) is 11.0. The smallest absolute Gasteiger partial charge is 0.462 e. The molecule has 1 aromatic heterocycles. The average Bonchev–Trinajstić information content (AvgIpc) is 3.50. The molecule has 1 fully saturated rings. The molecule has 5 N–H and O–H groups in total. The van der Waals surface area contributed by atoms with E-state index in [1.165, 1.54) is 128 Å². The van der Waals surface area contributed by atoms with Crippen molar-refractivity contribution in [1.82, 2.24) is 9.55 Å². The lowest BCUT2D eigenvalue weighted by molar-refractivity contribution is -0.161. The number of carbonyl (C=O) groups excluding carboxylic acids is 2. The van der Waals surface area contributed by atoms with Gasteiger partial charge in [-0.05, 0) is 18.9 Å². The van der Waals surface area contributed by atoms with Crippen molar-refractivity contribution in [3.63, 3.8) is 0 Å². The van der Waals surface area contributed by atoms with Crippen molar-refractivity contribution in [1.29, 1.82) is 0 Å². The Bertz CT molecular complexity index is 1380. The number of nitrogens with two attached hydrogens (primary N) is 1. The van der Waals surface area contributed by atoms with Crippen LogP contribution in [0, 0.1) is 0 Å². The normalized spacial score (nSPS) is 19.3. The lowest BCUT2D eigenvalue weighted by Gasteiger charge is -2.21. The van der Waals surface area contributed by atoms with Crippen LogP contribution in [0.25, 0.3) is 0 Å². The summed E-state index contributed by atoms with van der Waals surface area (Å²) >= 11 is 0. The molecule has 2 heterocycles. The van der Waals surface area contributed by atoms with E-state index in [1.807, 2.05) is 0 Å². The van der Waals surface area contributed by atoms with Crippen molar-refractivity contribution in [3.8, 4) is 0 Å². The van der Waals surface area contributed by atoms with Gasteiger partial charge in [0.25, 0.3) is 0 Å². The molecule has 1 unspecified atom stereocenters. The maximum Gasteiger partial charge on any atom is 0.472 e. The first kappa shape index (κ1) is 53.7. The van der Waals surface area contributed by atoms with Crippen LogP contribution in [0.1, 0.15) is 200 Å². The fraction of sp³-hybridized carbons (Fsp3) is 0.864. The predicted molar refractivity (Wildman–Crippen MR) is 232 cm³/mol. The summed E-state index contributed by atoms with van der Waals surface area (Å²) in [6, 6.07) is 1.31. The van der Waals surface area contributed by atoms with Crippen LogP contribution in [-0.2, 0) is 37.4 Å². The van der Waals surface area contributed by atoms with Gasteiger partial charge in [0.15, 0.2) is 12.3 Å². The Morgan fingerprint density at radius 1 is 0.717 bits per heavy atom. The number of hydrogen-bond donors (Lipinski definition) is 4. The van der Waals surface area contributed by atoms with Crippen LogP contribution < -0.4 is 11.4 Å². The lowest BCUT2D eigenvalue weighted by Crippen LogP contribution is -2.36. The van der Waals surface area contributed by atoms with Crippen LogP contribution in [0.5, 0.6) is 0 Å². The Morgan fingerprint density at radius 2 is 1.17 bits per heavy atom. The van der Waals surface area contributed by atoms with Crippen LogP contribution in [0.4, 0.5) is 5.82 Å². The number of rotatable bonds is 38. The Labute approximate surface area is 359 Å². The fourth-order valence-corrected chi connectivity index (χ4v) is 8.06. The number of aliphatic hydroxyl groups is 2. The number of carbonyl (C=O) groups is 2. The molecule has 0 amide bonds. The standard InChI is InChI=1S/C44H80N3O12P/c1-3-5-7-9-11-13-15-17-19-21-23-25-27-29-39(48)55-33-36(58-40(49)30-28-26-24-22-20-18-16-14-12-10-8-6-4-2)34-56-60(53,54)57-35-37-41(50)42(51)43(59-37)47-32-31-38(45)46-44(47)52/h31-32,36-37,41-43,50-51H,3-30,33-35H2,1-2H3,(H,53,54)(H2,45,46,52)/t36-,37+,41+,42-,43+/m0/s1. The van der Waals surface area contributed by atoms with E-state index >= 15 is 0 Å². The predicted octanol–water partition coefficient (Wildman–Crippen LogP) is 9.00. The third kappa shape index (κ3) is 24.9. The maximum absolute atomic E-state index is 12.9. The number of ether oxygens (including phenoxy) is 3. The second-order valence-electron chi connectivity index (χ2n) is 16.4. The first-order valence-corrected chi connectivity index (χ1v) is 24.8. The quantitative estimate of drug-likeness (QED) is 0.0277. The topological polar surface area (TPSA) is 219 Å². The number of aromatic nitrogens is 2. The third-order valence-corrected chi connectivity index (χ3v) is 11.9. The number of unbranched alkanes of at least 4 members (excludes halogenated alkanes) is 24. The second-order valence-corrected chi connectivity index (χ2v) is 17.9. The van der Waals surface area contributed by atoms with Gasteiger partial charge in [-0.3, -0.25) is 23.2 Å². The van der Waals surface area contributed by atoms with E-state index in [4.69, 9.17) is 29.0 Å². The van der Waals surface area contributed by atoms with Crippen molar-refractivity contribution in [3.05, 3.63) is 22.7 Å². The number of phosphoric ester groups is 1. The molecule has 0 radical (unpaired) electrons. The van der Waals surface area contributed by atoms with Crippen molar-refractivity contribution >= 4 is 25.6 Å². The fourth-order valence-electron chi connectivity index (χ4n) is 7.29. The Morgan fingerprint density at radius 3 is 1.63 bits per heavy atom. The molecular weight excluding hydrogens is 793 g/mol. The molecule has 1 aromatic rings. The molecule has 0 spiro atoms. The molecule has 15 nitrogen and oxygen atoms in total. The molecule has 1 aliphatic heterocycles. The number of nitrogen functional groups attached to an aromatic ring is 1. The van der Waals surface area contributed by atoms with E-state index < -0.39 is 69.3 Å². The van der Waals surface area contributed by atoms with Crippen molar-refractivity contribution in [2.24, 2.45) is 0 Å². The van der Waals surface area contributed by atoms with Crippen molar-refractivity contribution < 1.29 is 52.5 Å². The molecule has 1 aliphatic rings. The maximum atomic E-state index is 12.9. The highest BCUT2D eigenvalue weighted by molar-refractivity contribution is 7.47. The summed E-state index contributed by atoms with van der Waals surface area (Å²) in [7, 11) is -4.84. The van der Waals surface area contributed by atoms with E-state index in [1.54, 1.807) is 0 Å². The summed E-state index contributed by atoms with van der Waals surface area (Å²) in [5, 5.41) is 21.0. The molecule has 2 rings (SSSR count). The monoisotopic (exact) mass is 874 g/mol. The SMILES string of the molecule is CCCCCCCCCCCCCCCC(=O)OC[C@@H](COP(=O)(O)OC[C@H]1O[C@@H](n2ccc(N)nc2=O)[C@@H](O)[C@@H]1O)OC(=O)CCCCCCCCCCCCCCC. The first-order valence-electron chi connectivity index (χ1n) is 23.3. The van der Waals surface area contributed by atoms with Crippen LogP contribution in [0.15, 0.2) is 17.1 Å². The highest BCUT2D eigenvalue weighted by atomic mass is 31.2. The molecular formula is C44H80N3O12P. The number of nitrogens with zero attached hydrogens (tertiary/aromatic N) is 2. The minimum atomic E-state index is -4.84. The van der Waals surface area contributed by atoms with Crippen LogP contribution >= 0.6 is 7.82 Å². The van der Waals surface area contributed by atoms with Gasteiger partial charge in [0.2, 0.25) is 0 Å². The molecule has 1 saturated heterocycles. The van der Waals surface area contributed by atoms with Crippen LogP contribution in [0.3, 0.4) is 0 Å². The Kier molecular flexibility index (Phi) is 29.7. The summed E-state index contributed by atoms with van der Waals surface area (Å²) in [5.41, 5.74) is 4.69. The highest BCUT2D eigenvalue weighted by Crippen LogP contribution is 2.44. The number of hydrogen-bond acceptors (Lipinski definition) is 13. The summed E-state index contributed by atoms with van der Waals surface area (Å²) in [6.45, 7) is 2.78. The minimum Gasteiger partial charge on any atom is -0.462 e. The molecule has 60 heavy (non-hydrogen) atoms. The van der Waals surface area contributed by atoms with E-state index in [0.29, 0.717) is 12.8 Å². The van der Waals surface area contributed by atoms with Gasteiger partial charge in [0.1, 0.15) is 30.7 Å². The Hall–Kier alpha value is -2.39. The number of esters is 2. The van der Waals surface area contributed by atoms with Crippen LogP contribution in [0.2, 0.25) is 0 Å². The lowest BCUT2D eigenvalue weighted by atomic mass is 10.0. The van der Waals surface area contributed by atoms with E-state index in [0.717, 1.165) is 43.1 Å². The molecule has 0 saturated carbocycles. The number of anilines is 1. The van der Waals surface area contributed by atoms with Gasteiger partial charge in [-0.15, -0.1) is 0 Å². The molecule has 16 heteroatoms. The number of aliphatic hydroxyl groups excluding tert-OH is 2. The van der Waals surface area contributed by atoms with Crippen molar-refractivity contribution in [2.75, 3.05) is 25.6 Å². The summed E-state index contributed by atoms with van der Waals surface area (Å²) in [4.78, 5) is 51.7. The largest absolute Gasteiger partial charge is 0.472 e. The number of phosphoric acid groups is 1. The second kappa shape index (κ2) is 33.2. The molecule has 0 aromatic carbocycles. The molecule has 348 valence electrons. The van der Waals surface area contributed by atoms with Gasteiger partial charge in [0.05, 0.1) is 13.2 Å². The molecule has 0 aliphatic carbocycles. The first-order chi connectivity index (χ1) is 29.0. The van der Waals surface area contributed by atoms with Gasteiger partial charge < -0.3 is 35.1 Å². The summed E-state index contributed by atoms with van der Waals surface area (Å²) in [6.07, 6.45) is 25.1. The zero-order chi connectivity index (χ0) is 43.9. The van der Waals surface area contributed by atoms with E-state index in [2.05, 4.69) is 18.8 Å². The van der Waals surface area contributed by atoms with Gasteiger partial charge >= 0.3 is 25.5 Å². The highest BCUT2D eigenvalue weighted by Gasteiger charge is 2.45. The summed E-state index contributed by atoms with van der Waals surface area (Å²) in [5.74, 6) is -1.05. The molecule has 6 atom stereocenters. The van der Waals surface area contributed by atoms with Gasteiger partial charge in [-0.1, -0.05) is 168 Å².